The molecule has 0 fully saturated rings. The standard InChI is InChI=1S/C4H2Br2OS/c5-2-1-3(6)8-4(2)7/h1,7H. The highest BCUT2D eigenvalue weighted by molar-refractivity contribution is 9.11. The molecule has 8 heavy (non-hydrogen) atoms. The third-order valence-electron chi connectivity index (χ3n) is 0.639. The SMILES string of the molecule is Oc1sc(Br)cc1Br. The van der Waals surface area contributed by atoms with Crippen molar-refractivity contribution in [1.82, 2.24) is 0 Å². The van der Waals surface area contributed by atoms with Crippen LogP contribution in [0.2, 0.25) is 0 Å². The second-order valence-corrected chi connectivity index (χ2v) is 4.47. The van der Waals surface area contributed by atoms with Crippen molar-refractivity contribution in [3.63, 3.8) is 0 Å². The molecule has 0 aliphatic carbocycles. The molecule has 44 valence electrons. The van der Waals surface area contributed by atoms with Gasteiger partial charge in [-0.3, -0.25) is 0 Å². The Kier molecular flexibility index (Phi) is 1.95. The number of hydrogen-bond acceptors (Lipinski definition) is 2. The zero-order valence-electron chi connectivity index (χ0n) is 3.69. The average molecular weight is 258 g/mol. The van der Waals surface area contributed by atoms with Crippen molar-refractivity contribution in [3.05, 3.63) is 14.3 Å². The van der Waals surface area contributed by atoms with Crippen LogP contribution in [0.25, 0.3) is 0 Å². The lowest BCUT2D eigenvalue weighted by molar-refractivity contribution is 0.488. The molecule has 1 N–H and O–H groups in total. The zero-order valence-corrected chi connectivity index (χ0v) is 7.68. The first-order valence-corrected chi connectivity index (χ1v) is 4.24. The van der Waals surface area contributed by atoms with E-state index in [4.69, 9.17) is 5.11 Å². The molecule has 1 rings (SSSR count). The Labute approximate surface area is 67.6 Å². The van der Waals surface area contributed by atoms with E-state index in [1.54, 1.807) is 6.07 Å². The van der Waals surface area contributed by atoms with E-state index < -0.39 is 0 Å². The first kappa shape index (κ1) is 6.58. The van der Waals surface area contributed by atoms with Crippen LogP contribution < -0.4 is 0 Å². The third-order valence-corrected chi connectivity index (χ3v) is 2.95. The van der Waals surface area contributed by atoms with Crippen LogP contribution in [0.1, 0.15) is 0 Å². The highest BCUT2D eigenvalue weighted by atomic mass is 79.9. The first-order valence-electron chi connectivity index (χ1n) is 1.84. The van der Waals surface area contributed by atoms with Gasteiger partial charge in [-0.1, -0.05) is 11.3 Å². The van der Waals surface area contributed by atoms with Gasteiger partial charge >= 0.3 is 0 Å². The van der Waals surface area contributed by atoms with Crippen molar-refractivity contribution in [3.8, 4) is 5.06 Å². The molecule has 4 heteroatoms. The van der Waals surface area contributed by atoms with E-state index in [1.165, 1.54) is 11.3 Å². The first-order chi connectivity index (χ1) is 3.70. The van der Waals surface area contributed by atoms with Gasteiger partial charge in [-0.15, -0.1) is 0 Å². The molecule has 0 aliphatic heterocycles. The molecule has 0 bridgehead atoms. The van der Waals surface area contributed by atoms with Gasteiger partial charge in [-0.25, -0.2) is 0 Å². The summed E-state index contributed by atoms with van der Waals surface area (Å²) in [6, 6.07) is 1.81. The molecule has 0 saturated heterocycles. The second kappa shape index (κ2) is 2.37. The van der Waals surface area contributed by atoms with E-state index >= 15 is 0 Å². The highest BCUT2D eigenvalue weighted by Gasteiger charge is 2.00. The Morgan fingerprint density at radius 3 is 2.25 bits per heavy atom. The zero-order chi connectivity index (χ0) is 6.15. The summed E-state index contributed by atoms with van der Waals surface area (Å²) in [6.45, 7) is 0. The molecule has 0 unspecified atom stereocenters. The van der Waals surface area contributed by atoms with E-state index in [2.05, 4.69) is 31.9 Å². The van der Waals surface area contributed by atoms with E-state index in [-0.39, 0.29) is 0 Å². The molecule has 0 radical (unpaired) electrons. The molecule has 1 heterocycles. The normalized spacial score (nSPS) is 9.75. The predicted molar refractivity (Wildman–Crippen MR) is 41.4 cm³/mol. The molecule has 0 aliphatic rings. The summed E-state index contributed by atoms with van der Waals surface area (Å²) in [5, 5.41) is 9.20. The topological polar surface area (TPSA) is 20.2 Å². The van der Waals surface area contributed by atoms with Gasteiger partial charge in [-0.2, -0.15) is 0 Å². The maximum absolute atomic E-state index is 8.88. The summed E-state index contributed by atoms with van der Waals surface area (Å²) in [6.07, 6.45) is 0. The van der Waals surface area contributed by atoms with Crippen LogP contribution in [0.15, 0.2) is 14.3 Å². The lowest BCUT2D eigenvalue weighted by Crippen LogP contribution is -1.46. The number of halogens is 2. The van der Waals surface area contributed by atoms with Crippen molar-refractivity contribution < 1.29 is 5.11 Å². The number of aromatic hydroxyl groups is 1. The lowest BCUT2D eigenvalue weighted by atomic mass is 10.7. The predicted octanol–water partition coefficient (Wildman–Crippen LogP) is 2.98. The van der Waals surface area contributed by atoms with Gasteiger partial charge in [0.1, 0.15) is 0 Å². The van der Waals surface area contributed by atoms with Crippen LogP contribution in [0.3, 0.4) is 0 Å². The van der Waals surface area contributed by atoms with E-state index in [0.717, 1.165) is 8.26 Å². The fourth-order valence-electron chi connectivity index (χ4n) is 0.332. The molecular formula is C4H2Br2OS. The largest absolute Gasteiger partial charge is 0.499 e. The molecular weight excluding hydrogens is 256 g/mol. The van der Waals surface area contributed by atoms with Gasteiger partial charge in [0.25, 0.3) is 0 Å². The van der Waals surface area contributed by atoms with Gasteiger partial charge in [-0.05, 0) is 37.9 Å². The van der Waals surface area contributed by atoms with Crippen molar-refractivity contribution in [2.45, 2.75) is 0 Å². The van der Waals surface area contributed by atoms with Gasteiger partial charge in [0.05, 0.1) is 8.26 Å². The van der Waals surface area contributed by atoms with Crippen LogP contribution >= 0.6 is 43.2 Å². The number of hydrogen-bond donors (Lipinski definition) is 1. The minimum Gasteiger partial charge on any atom is -0.499 e. The minimum atomic E-state index is 0.317. The smallest absolute Gasteiger partial charge is 0.186 e. The Balaban J connectivity index is 3.14. The Hall–Kier alpha value is 0.460. The van der Waals surface area contributed by atoms with Crippen molar-refractivity contribution in [2.75, 3.05) is 0 Å². The van der Waals surface area contributed by atoms with E-state index in [1.807, 2.05) is 0 Å². The van der Waals surface area contributed by atoms with Crippen LogP contribution in [-0.2, 0) is 0 Å². The molecule has 0 saturated carbocycles. The van der Waals surface area contributed by atoms with Crippen LogP contribution in [0.5, 0.6) is 5.06 Å². The number of thiophene rings is 1. The highest BCUT2D eigenvalue weighted by Crippen LogP contribution is 2.36. The summed E-state index contributed by atoms with van der Waals surface area (Å²) < 4.78 is 1.68. The summed E-state index contributed by atoms with van der Waals surface area (Å²) in [5.74, 6) is 0. The molecule has 0 aromatic carbocycles. The molecule has 0 spiro atoms. The van der Waals surface area contributed by atoms with Gasteiger partial charge in [0.2, 0.25) is 0 Å². The van der Waals surface area contributed by atoms with Crippen LogP contribution in [-0.4, -0.2) is 5.11 Å². The summed E-state index contributed by atoms with van der Waals surface area (Å²) in [4.78, 5) is 0. The summed E-state index contributed by atoms with van der Waals surface area (Å²) in [7, 11) is 0. The molecule has 0 amide bonds. The monoisotopic (exact) mass is 256 g/mol. The maximum atomic E-state index is 8.88. The third kappa shape index (κ3) is 1.24. The van der Waals surface area contributed by atoms with Crippen molar-refractivity contribution in [2.24, 2.45) is 0 Å². The van der Waals surface area contributed by atoms with Crippen LogP contribution in [0.4, 0.5) is 0 Å². The fraction of sp³-hybridized carbons (Fsp3) is 0. The summed E-state index contributed by atoms with van der Waals surface area (Å²) >= 11 is 7.65. The van der Waals surface area contributed by atoms with Gasteiger partial charge in [0, 0.05) is 0 Å². The molecule has 1 aromatic rings. The number of rotatable bonds is 0. The molecule has 1 nitrogen and oxygen atoms in total. The lowest BCUT2D eigenvalue weighted by Gasteiger charge is -1.77. The van der Waals surface area contributed by atoms with Crippen molar-refractivity contribution in [1.29, 1.82) is 0 Å². The molecule has 1 aromatic heterocycles. The van der Waals surface area contributed by atoms with Crippen LogP contribution in [0, 0.1) is 0 Å². The van der Waals surface area contributed by atoms with Crippen molar-refractivity contribution >= 4 is 43.2 Å². The van der Waals surface area contributed by atoms with E-state index in [9.17, 15) is 0 Å². The average Bonchev–Trinajstić information content (AvgIpc) is 1.85. The Morgan fingerprint density at radius 1 is 1.50 bits per heavy atom. The minimum absolute atomic E-state index is 0.317. The quantitative estimate of drug-likeness (QED) is 0.758. The fourth-order valence-corrected chi connectivity index (χ4v) is 2.47. The Morgan fingerprint density at radius 2 is 2.12 bits per heavy atom. The van der Waals surface area contributed by atoms with Gasteiger partial charge in [0.15, 0.2) is 5.06 Å². The van der Waals surface area contributed by atoms with E-state index in [0.29, 0.717) is 5.06 Å². The Bertz CT molecular complexity index is 176. The summed E-state index contributed by atoms with van der Waals surface area (Å²) in [5.41, 5.74) is 0. The maximum Gasteiger partial charge on any atom is 0.186 e. The van der Waals surface area contributed by atoms with Gasteiger partial charge < -0.3 is 5.11 Å². The second-order valence-electron chi connectivity index (χ2n) is 1.20. The molecule has 0 atom stereocenters.